The van der Waals surface area contributed by atoms with Gasteiger partial charge in [0.1, 0.15) is 11.2 Å². The number of benzene rings is 2. The summed E-state index contributed by atoms with van der Waals surface area (Å²) in [5.41, 5.74) is 5.55. The maximum absolute atomic E-state index is 12.8. The number of rotatable bonds is 4. The van der Waals surface area contributed by atoms with Crippen LogP contribution in [0.25, 0.3) is 0 Å². The van der Waals surface area contributed by atoms with E-state index >= 15 is 0 Å². The molecule has 1 fully saturated rings. The zero-order valence-corrected chi connectivity index (χ0v) is 15.2. The van der Waals surface area contributed by atoms with E-state index in [0.29, 0.717) is 10.3 Å². The van der Waals surface area contributed by atoms with E-state index in [9.17, 15) is 4.79 Å². The predicted octanol–water partition coefficient (Wildman–Crippen LogP) is 4.74. The van der Waals surface area contributed by atoms with E-state index in [1.54, 1.807) is 10.3 Å². The van der Waals surface area contributed by atoms with Crippen molar-refractivity contribution < 1.29 is 4.79 Å². The lowest BCUT2D eigenvalue weighted by molar-refractivity contribution is -0.116. The second-order valence-corrected chi connectivity index (χ2v) is 7.02. The van der Waals surface area contributed by atoms with Crippen molar-refractivity contribution in [2.45, 2.75) is 12.5 Å². The highest BCUT2D eigenvalue weighted by atomic mass is 35.5. The summed E-state index contributed by atoms with van der Waals surface area (Å²) in [5.74, 6) is 0.0165. The van der Waals surface area contributed by atoms with Crippen LogP contribution < -0.4 is 10.3 Å². The summed E-state index contributed by atoms with van der Waals surface area (Å²) >= 11 is 7.22. The van der Waals surface area contributed by atoms with Gasteiger partial charge in [0, 0.05) is 11.1 Å². The smallest absolute Gasteiger partial charge is 0.233 e. The fraction of sp³-hybridized carbons (Fsp3) is 0.105. The van der Waals surface area contributed by atoms with Crippen LogP contribution in [0.4, 0.5) is 10.8 Å². The van der Waals surface area contributed by atoms with E-state index in [1.165, 1.54) is 11.3 Å². The highest BCUT2D eigenvalue weighted by Gasteiger charge is 2.38. The Hall–Kier alpha value is -2.70. The van der Waals surface area contributed by atoms with Crippen LogP contribution in [-0.4, -0.2) is 16.6 Å². The zero-order valence-electron chi connectivity index (χ0n) is 13.7. The fourth-order valence-corrected chi connectivity index (χ4v) is 3.79. The lowest BCUT2D eigenvalue weighted by atomic mass is 10.0. The van der Waals surface area contributed by atoms with E-state index in [0.717, 1.165) is 17.0 Å². The topological polar surface area (TPSA) is 57.6 Å². The number of nitrogens with one attached hydrogen (secondary N) is 1. The Bertz CT molecular complexity index is 942. The normalized spacial score (nSPS) is 18.5. The van der Waals surface area contributed by atoms with Crippen molar-refractivity contribution in [2.24, 2.45) is 5.10 Å². The molecule has 1 saturated heterocycles. The number of carbonyl (C=O) groups excluding carboxylic acids is 1. The van der Waals surface area contributed by atoms with E-state index in [4.69, 9.17) is 11.6 Å². The van der Waals surface area contributed by atoms with Crippen molar-refractivity contribution in [1.82, 2.24) is 4.98 Å². The van der Waals surface area contributed by atoms with Crippen molar-refractivity contribution in [3.05, 3.63) is 76.8 Å². The summed E-state index contributed by atoms with van der Waals surface area (Å²) in [6, 6.07) is 19.3. The van der Waals surface area contributed by atoms with Gasteiger partial charge in [0.05, 0.1) is 12.1 Å². The van der Waals surface area contributed by atoms with Crippen molar-refractivity contribution in [2.75, 3.05) is 10.3 Å². The summed E-state index contributed by atoms with van der Waals surface area (Å²) in [5, 5.41) is 7.23. The van der Waals surface area contributed by atoms with Crippen molar-refractivity contribution in [3.8, 4) is 0 Å². The van der Waals surface area contributed by atoms with Crippen LogP contribution in [0.2, 0.25) is 5.15 Å². The third kappa shape index (κ3) is 3.34. The Balaban J connectivity index is 1.72. The van der Waals surface area contributed by atoms with Gasteiger partial charge in [-0.15, -0.1) is 11.3 Å². The fourth-order valence-electron chi connectivity index (χ4n) is 3.01. The number of carbonyl (C=O) groups is 1. The van der Waals surface area contributed by atoms with E-state index in [2.05, 4.69) is 15.5 Å². The van der Waals surface area contributed by atoms with E-state index < -0.39 is 0 Å². The molecular weight excluding hydrogens is 368 g/mol. The molecule has 7 heteroatoms. The summed E-state index contributed by atoms with van der Waals surface area (Å²) in [6.07, 6.45) is 0.251. The maximum atomic E-state index is 12.8. The van der Waals surface area contributed by atoms with Gasteiger partial charge in [0.25, 0.3) is 0 Å². The molecule has 5 nitrogen and oxygen atoms in total. The van der Waals surface area contributed by atoms with Gasteiger partial charge in [0.2, 0.25) is 11.0 Å². The van der Waals surface area contributed by atoms with Crippen LogP contribution >= 0.6 is 22.9 Å². The predicted molar refractivity (Wildman–Crippen MR) is 106 cm³/mol. The van der Waals surface area contributed by atoms with Crippen LogP contribution in [0.15, 0.2) is 71.1 Å². The number of halogens is 1. The highest BCUT2D eigenvalue weighted by molar-refractivity contribution is 7.14. The lowest BCUT2D eigenvalue weighted by Crippen LogP contribution is -2.28. The summed E-state index contributed by atoms with van der Waals surface area (Å²) < 4.78 is 0. The Morgan fingerprint density at radius 1 is 1.12 bits per heavy atom. The molecule has 1 aromatic heterocycles. The minimum absolute atomic E-state index is 0.0165. The molecular formula is C19H15ClN4OS. The third-order valence-electron chi connectivity index (χ3n) is 4.10. The molecule has 0 bridgehead atoms. The molecule has 0 radical (unpaired) electrons. The average Bonchev–Trinajstić information content (AvgIpc) is 3.24. The molecule has 1 atom stereocenters. The summed E-state index contributed by atoms with van der Waals surface area (Å²) in [4.78, 5) is 18.7. The van der Waals surface area contributed by atoms with Gasteiger partial charge < -0.3 is 0 Å². The van der Waals surface area contributed by atoms with Crippen LogP contribution in [0.1, 0.15) is 18.0 Å². The Morgan fingerprint density at radius 2 is 1.81 bits per heavy atom. The molecule has 1 N–H and O–H groups in total. The number of hydrogen-bond acceptors (Lipinski definition) is 5. The first-order valence-electron chi connectivity index (χ1n) is 8.08. The van der Waals surface area contributed by atoms with Gasteiger partial charge in [-0.2, -0.15) is 5.10 Å². The SMILES string of the molecule is O=C1C/C(=N/Nc2nc(Cl)cs2)C(c2ccccc2)N1c1ccccc1. The molecule has 1 unspecified atom stereocenters. The molecule has 1 amide bonds. The molecule has 0 saturated carbocycles. The minimum atomic E-state index is -0.256. The molecule has 1 aliphatic rings. The Morgan fingerprint density at radius 3 is 2.46 bits per heavy atom. The number of anilines is 2. The van der Waals surface area contributed by atoms with Crippen molar-refractivity contribution in [1.29, 1.82) is 0 Å². The standard InChI is InChI=1S/C19H15ClN4OS/c20-16-12-26-19(21-16)23-22-15-11-17(25)24(14-9-5-2-6-10-14)18(15)13-7-3-1-4-8-13/h1-10,12,18H,11H2,(H,21,23)/b22-15-. The minimum Gasteiger partial charge on any atom is -0.299 e. The van der Waals surface area contributed by atoms with E-state index in [-0.39, 0.29) is 18.4 Å². The monoisotopic (exact) mass is 382 g/mol. The second-order valence-electron chi connectivity index (χ2n) is 5.78. The molecule has 2 heterocycles. The lowest BCUT2D eigenvalue weighted by Gasteiger charge is -2.25. The second kappa shape index (κ2) is 7.27. The molecule has 0 spiro atoms. The van der Waals surface area contributed by atoms with Gasteiger partial charge in [-0.3, -0.25) is 15.1 Å². The van der Waals surface area contributed by atoms with Crippen molar-refractivity contribution in [3.63, 3.8) is 0 Å². The first kappa shape index (κ1) is 16.8. The van der Waals surface area contributed by atoms with Gasteiger partial charge in [0.15, 0.2) is 0 Å². The third-order valence-corrected chi connectivity index (χ3v) is 5.17. The molecule has 1 aliphatic heterocycles. The van der Waals surface area contributed by atoms with Crippen LogP contribution in [0.3, 0.4) is 0 Å². The molecule has 0 aliphatic carbocycles. The zero-order chi connectivity index (χ0) is 17.9. The first-order chi connectivity index (χ1) is 12.7. The van der Waals surface area contributed by atoms with Crippen LogP contribution in [0, 0.1) is 0 Å². The number of nitrogens with zero attached hydrogens (tertiary/aromatic N) is 3. The van der Waals surface area contributed by atoms with Gasteiger partial charge >= 0.3 is 0 Å². The Labute approximate surface area is 159 Å². The van der Waals surface area contributed by atoms with Gasteiger partial charge in [-0.25, -0.2) is 4.98 Å². The molecule has 2 aromatic carbocycles. The number of aromatic nitrogens is 1. The quantitative estimate of drug-likeness (QED) is 0.663. The summed E-state index contributed by atoms with van der Waals surface area (Å²) in [7, 11) is 0. The van der Waals surface area contributed by atoms with Gasteiger partial charge in [-0.05, 0) is 17.7 Å². The van der Waals surface area contributed by atoms with E-state index in [1.807, 2.05) is 60.7 Å². The first-order valence-corrected chi connectivity index (χ1v) is 9.33. The highest BCUT2D eigenvalue weighted by Crippen LogP contribution is 2.35. The number of thiazole rings is 1. The number of hydrazone groups is 1. The number of hydrogen-bond donors (Lipinski definition) is 1. The number of amides is 1. The Kier molecular flexibility index (Phi) is 4.69. The van der Waals surface area contributed by atoms with Crippen molar-refractivity contribution >= 4 is 45.4 Å². The maximum Gasteiger partial charge on any atom is 0.233 e. The van der Waals surface area contributed by atoms with Crippen LogP contribution in [-0.2, 0) is 4.79 Å². The average molecular weight is 383 g/mol. The van der Waals surface area contributed by atoms with Gasteiger partial charge in [-0.1, -0.05) is 60.1 Å². The summed E-state index contributed by atoms with van der Waals surface area (Å²) in [6.45, 7) is 0. The molecule has 26 heavy (non-hydrogen) atoms. The van der Waals surface area contributed by atoms with Crippen LogP contribution in [0.5, 0.6) is 0 Å². The molecule has 4 rings (SSSR count). The number of para-hydroxylation sites is 1. The largest absolute Gasteiger partial charge is 0.299 e. The molecule has 3 aromatic rings. The molecule has 130 valence electrons.